The Hall–Kier alpha value is -2.38. The Balaban J connectivity index is 1.61. The van der Waals surface area contributed by atoms with E-state index in [1.165, 1.54) is 30.9 Å². The number of likely N-dealkylation sites (tertiary alicyclic amines) is 1. The molecule has 28 heavy (non-hydrogen) atoms. The van der Waals surface area contributed by atoms with Gasteiger partial charge in [-0.3, -0.25) is 9.69 Å². The number of ether oxygens (including phenoxy) is 1. The molecule has 1 fully saturated rings. The first-order chi connectivity index (χ1) is 13.4. The molecule has 1 aliphatic heterocycles. The molecule has 0 aliphatic carbocycles. The van der Waals surface area contributed by atoms with E-state index in [1.807, 2.05) is 18.2 Å². The molecule has 1 aliphatic rings. The fourth-order valence-electron chi connectivity index (χ4n) is 3.44. The highest BCUT2D eigenvalue weighted by molar-refractivity contribution is 7.90. The number of sulfone groups is 1. The molecular weight excluding hydrogens is 376 g/mol. The minimum atomic E-state index is -3.40. The lowest BCUT2D eigenvalue weighted by molar-refractivity contribution is 0.0905. The molecule has 150 valence electrons. The molecule has 1 N–H and O–H groups in total. The van der Waals surface area contributed by atoms with Gasteiger partial charge in [-0.25, -0.2) is 8.42 Å². The van der Waals surface area contributed by atoms with Gasteiger partial charge in [0.1, 0.15) is 5.75 Å². The second-order valence-corrected chi connectivity index (χ2v) is 9.16. The molecule has 0 aromatic heterocycles. The van der Waals surface area contributed by atoms with E-state index in [2.05, 4.69) is 22.3 Å². The van der Waals surface area contributed by atoms with E-state index in [0.717, 1.165) is 38.7 Å². The lowest BCUT2D eigenvalue weighted by Crippen LogP contribution is -2.44. The molecule has 3 rings (SSSR count). The van der Waals surface area contributed by atoms with Gasteiger partial charge in [-0.15, -0.1) is 0 Å². The highest BCUT2D eigenvalue weighted by atomic mass is 32.2. The molecule has 0 bridgehead atoms. The second-order valence-electron chi connectivity index (χ2n) is 7.14. The number of piperidine rings is 1. The van der Waals surface area contributed by atoms with Crippen molar-refractivity contribution in [3.05, 3.63) is 59.7 Å². The van der Waals surface area contributed by atoms with Crippen LogP contribution >= 0.6 is 0 Å². The molecule has 0 unspecified atom stereocenters. The van der Waals surface area contributed by atoms with Crippen molar-refractivity contribution in [2.45, 2.75) is 30.3 Å². The Labute approximate surface area is 166 Å². The van der Waals surface area contributed by atoms with Gasteiger partial charge in [0.15, 0.2) is 9.84 Å². The zero-order valence-corrected chi connectivity index (χ0v) is 17.0. The Morgan fingerprint density at radius 3 is 2.43 bits per heavy atom. The molecule has 2 aromatic carbocycles. The molecule has 0 radical (unpaired) electrons. The summed E-state index contributed by atoms with van der Waals surface area (Å²) in [6.07, 6.45) is 2.83. The molecule has 0 saturated carbocycles. The van der Waals surface area contributed by atoms with Gasteiger partial charge in [0.25, 0.3) is 5.91 Å². The minimum Gasteiger partial charge on any atom is -0.496 e. The highest BCUT2D eigenvalue weighted by Gasteiger charge is 2.23. The maximum atomic E-state index is 12.7. The summed E-state index contributed by atoms with van der Waals surface area (Å²) in [5, 5.41) is 3.03. The van der Waals surface area contributed by atoms with Crippen molar-refractivity contribution in [2.75, 3.05) is 26.5 Å². The summed E-state index contributed by atoms with van der Waals surface area (Å²) in [5.74, 6) is 0.0651. The Kier molecular flexibility index (Phi) is 6.36. The van der Waals surface area contributed by atoms with Crippen molar-refractivity contribution in [1.82, 2.24) is 10.2 Å². The van der Waals surface area contributed by atoms with Crippen LogP contribution in [0.2, 0.25) is 0 Å². The van der Waals surface area contributed by atoms with Crippen molar-refractivity contribution in [3.8, 4) is 5.75 Å². The number of carbonyl (C=O) groups excluding carboxylic acids is 1. The van der Waals surface area contributed by atoms with E-state index >= 15 is 0 Å². The average molecular weight is 403 g/mol. The average Bonchev–Trinajstić information content (AvgIpc) is 2.69. The Morgan fingerprint density at radius 1 is 1.14 bits per heavy atom. The summed E-state index contributed by atoms with van der Waals surface area (Å²) >= 11 is 0. The maximum Gasteiger partial charge on any atom is 0.255 e. The van der Waals surface area contributed by atoms with E-state index in [9.17, 15) is 13.2 Å². The number of nitrogens with one attached hydrogen (secondary N) is 1. The molecule has 0 atom stereocenters. The molecule has 2 aromatic rings. The maximum absolute atomic E-state index is 12.7. The SMILES string of the molecule is COc1ccc(S(C)(=O)=O)cc1C(=O)NC1CCN(Cc2ccccc2)CC1. The van der Waals surface area contributed by atoms with Crippen LogP contribution in [0.4, 0.5) is 0 Å². The van der Waals surface area contributed by atoms with Crippen LogP contribution in [0.1, 0.15) is 28.8 Å². The standard InChI is InChI=1S/C21H26N2O4S/c1-27-20-9-8-18(28(2,25)26)14-19(20)21(24)22-17-10-12-23(13-11-17)15-16-6-4-3-5-7-16/h3-9,14,17H,10-13,15H2,1-2H3,(H,22,24). The van der Waals surface area contributed by atoms with Crippen LogP contribution in [-0.4, -0.2) is 51.7 Å². The first-order valence-electron chi connectivity index (χ1n) is 9.32. The van der Waals surface area contributed by atoms with Gasteiger partial charge in [0, 0.05) is 31.9 Å². The number of amides is 1. The third-order valence-corrected chi connectivity index (χ3v) is 6.13. The first-order valence-corrected chi connectivity index (χ1v) is 11.2. The summed E-state index contributed by atoms with van der Waals surface area (Å²) in [4.78, 5) is 15.2. The predicted octanol–water partition coefficient (Wildman–Crippen LogP) is 2.49. The fraction of sp³-hybridized carbons (Fsp3) is 0.381. The summed E-state index contributed by atoms with van der Waals surface area (Å²) < 4.78 is 28.9. The Morgan fingerprint density at radius 2 is 1.82 bits per heavy atom. The van der Waals surface area contributed by atoms with Crippen molar-refractivity contribution >= 4 is 15.7 Å². The van der Waals surface area contributed by atoms with Crippen LogP contribution in [0.25, 0.3) is 0 Å². The third-order valence-electron chi connectivity index (χ3n) is 5.02. The van der Waals surface area contributed by atoms with Gasteiger partial charge >= 0.3 is 0 Å². The van der Waals surface area contributed by atoms with Crippen LogP contribution < -0.4 is 10.1 Å². The van der Waals surface area contributed by atoms with Gasteiger partial charge < -0.3 is 10.1 Å². The third kappa shape index (κ3) is 5.11. The zero-order valence-electron chi connectivity index (χ0n) is 16.2. The predicted molar refractivity (Wildman–Crippen MR) is 108 cm³/mol. The van der Waals surface area contributed by atoms with E-state index in [0.29, 0.717) is 5.75 Å². The number of rotatable bonds is 6. The lowest BCUT2D eigenvalue weighted by Gasteiger charge is -2.32. The van der Waals surface area contributed by atoms with Crippen LogP contribution in [0.5, 0.6) is 5.75 Å². The van der Waals surface area contributed by atoms with Crippen LogP contribution in [0.3, 0.4) is 0 Å². The van der Waals surface area contributed by atoms with Gasteiger partial charge in [0.2, 0.25) is 0 Å². The van der Waals surface area contributed by atoms with Gasteiger partial charge in [-0.1, -0.05) is 30.3 Å². The molecule has 7 heteroatoms. The lowest BCUT2D eigenvalue weighted by atomic mass is 10.0. The van der Waals surface area contributed by atoms with Crippen molar-refractivity contribution in [3.63, 3.8) is 0 Å². The minimum absolute atomic E-state index is 0.0612. The van der Waals surface area contributed by atoms with E-state index in [4.69, 9.17) is 4.74 Å². The van der Waals surface area contributed by atoms with Gasteiger partial charge in [0.05, 0.1) is 17.6 Å². The second kappa shape index (κ2) is 8.75. The van der Waals surface area contributed by atoms with Gasteiger partial charge in [-0.2, -0.15) is 0 Å². The quantitative estimate of drug-likeness (QED) is 0.803. The zero-order chi connectivity index (χ0) is 20.1. The molecule has 1 saturated heterocycles. The fourth-order valence-corrected chi connectivity index (χ4v) is 4.08. The van der Waals surface area contributed by atoms with Crippen LogP contribution in [0.15, 0.2) is 53.4 Å². The molecule has 6 nitrogen and oxygen atoms in total. The number of hydrogen-bond acceptors (Lipinski definition) is 5. The Bertz CT molecular complexity index is 921. The molecule has 1 amide bonds. The molecular formula is C21H26N2O4S. The van der Waals surface area contributed by atoms with Crippen LogP contribution in [-0.2, 0) is 16.4 Å². The summed E-state index contributed by atoms with van der Waals surface area (Å²) in [6.45, 7) is 2.71. The number of methoxy groups -OCH3 is 1. The van der Waals surface area contributed by atoms with Gasteiger partial charge in [-0.05, 0) is 36.6 Å². The number of carbonyl (C=O) groups is 1. The summed E-state index contributed by atoms with van der Waals surface area (Å²) in [5.41, 5.74) is 1.53. The largest absolute Gasteiger partial charge is 0.496 e. The molecule has 1 heterocycles. The highest BCUT2D eigenvalue weighted by Crippen LogP contribution is 2.23. The van der Waals surface area contributed by atoms with Crippen molar-refractivity contribution in [2.24, 2.45) is 0 Å². The normalized spacial score (nSPS) is 15.9. The topological polar surface area (TPSA) is 75.7 Å². The molecule has 0 spiro atoms. The van der Waals surface area contributed by atoms with E-state index < -0.39 is 9.84 Å². The monoisotopic (exact) mass is 402 g/mol. The summed E-state index contributed by atoms with van der Waals surface area (Å²) in [7, 11) is -1.93. The van der Waals surface area contributed by atoms with E-state index in [1.54, 1.807) is 0 Å². The number of benzene rings is 2. The van der Waals surface area contributed by atoms with E-state index in [-0.39, 0.29) is 22.4 Å². The van der Waals surface area contributed by atoms with Crippen molar-refractivity contribution < 1.29 is 17.9 Å². The van der Waals surface area contributed by atoms with Crippen molar-refractivity contribution in [1.29, 1.82) is 0 Å². The van der Waals surface area contributed by atoms with Crippen LogP contribution in [0, 0.1) is 0 Å². The smallest absolute Gasteiger partial charge is 0.255 e. The number of hydrogen-bond donors (Lipinski definition) is 1. The number of nitrogens with zero attached hydrogens (tertiary/aromatic N) is 1. The summed E-state index contributed by atoms with van der Waals surface area (Å²) in [6, 6.07) is 14.8. The first kappa shape index (κ1) is 20.4.